The van der Waals surface area contributed by atoms with Crippen LogP contribution >= 0.6 is 0 Å². The van der Waals surface area contributed by atoms with Crippen LogP contribution in [0, 0.1) is 0 Å². The predicted molar refractivity (Wildman–Crippen MR) is 71.5 cm³/mol. The van der Waals surface area contributed by atoms with Crippen LogP contribution < -0.4 is 0 Å². The number of methoxy groups -OCH3 is 1. The summed E-state index contributed by atoms with van der Waals surface area (Å²) >= 11 is 0. The summed E-state index contributed by atoms with van der Waals surface area (Å²) in [6, 6.07) is 8.01. The minimum atomic E-state index is 0.108. The Balaban J connectivity index is 2.07. The maximum Gasteiger partial charge on any atom is 0.226 e. The van der Waals surface area contributed by atoms with E-state index < -0.39 is 0 Å². The van der Waals surface area contributed by atoms with E-state index in [2.05, 4.69) is 4.98 Å². The third kappa shape index (κ3) is 2.71. The Morgan fingerprint density at radius 2 is 2.17 bits per heavy atom. The number of ether oxygens (including phenoxy) is 1. The number of nitrogens with zero attached hydrogens (tertiary/aromatic N) is 1. The summed E-state index contributed by atoms with van der Waals surface area (Å²) in [5.41, 5.74) is 2.11. The second-order valence-electron chi connectivity index (χ2n) is 4.34. The first kappa shape index (κ1) is 12.6. The number of carbonyl (C=O) groups is 1. The molecule has 0 atom stereocenters. The molecule has 0 spiro atoms. The van der Waals surface area contributed by atoms with Gasteiger partial charge in [-0.15, -0.1) is 0 Å². The lowest BCUT2D eigenvalue weighted by Crippen LogP contribution is -2.31. The molecule has 1 aromatic carbocycles. The Kier molecular flexibility index (Phi) is 3.99. The number of aromatic amines is 1. The highest BCUT2D eigenvalue weighted by molar-refractivity contribution is 5.88. The largest absolute Gasteiger partial charge is 0.383 e. The zero-order chi connectivity index (χ0) is 13.0. The van der Waals surface area contributed by atoms with E-state index in [1.807, 2.05) is 30.5 Å². The van der Waals surface area contributed by atoms with Gasteiger partial charge in [-0.05, 0) is 11.6 Å². The Bertz CT molecular complexity index is 533. The average Bonchev–Trinajstić information content (AvgIpc) is 2.79. The van der Waals surface area contributed by atoms with Crippen LogP contribution in [-0.2, 0) is 16.0 Å². The Morgan fingerprint density at radius 1 is 1.39 bits per heavy atom. The van der Waals surface area contributed by atoms with Crippen molar-refractivity contribution in [1.82, 2.24) is 9.88 Å². The quantitative estimate of drug-likeness (QED) is 0.874. The first-order chi connectivity index (χ1) is 8.72. The summed E-state index contributed by atoms with van der Waals surface area (Å²) in [6.45, 7) is 1.19. The zero-order valence-electron chi connectivity index (χ0n) is 10.8. The van der Waals surface area contributed by atoms with Gasteiger partial charge in [0, 0.05) is 37.8 Å². The van der Waals surface area contributed by atoms with Crippen molar-refractivity contribution in [2.24, 2.45) is 0 Å². The fourth-order valence-corrected chi connectivity index (χ4v) is 1.93. The molecule has 2 rings (SSSR count). The lowest BCUT2D eigenvalue weighted by atomic mass is 10.1. The molecule has 0 aliphatic rings. The van der Waals surface area contributed by atoms with E-state index in [0.717, 1.165) is 16.5 Å². The number of hydrogen-bond acceptors (Lipinski definition) is 2. The van der Waals surface area contributed by atoms with Gasteiger partial charge in [-0.3, -0.25) is 4.79 Å². The molecular weight excluding hydrogens is 228 g/mol. The van der Waals surface area contributed by atoms with Gasteiger partial charge in [-0.1, -0.05) is 18.2 Å². The number of hydrogen-bond donors (Lipinski definition) is 1. The van der Waals surface area contributed by atoms with Gasteiger partial charge in [-0.25, -0.2) is 0 Å². The minimum absolute atomic E-state index is 0.108. The fraction of sp³-hybridized carbons (Fsp3) is 0.357. The molecule has 1 heterocycles. The van der Waals surface area contributed by atoms with Crippen molar-refractivity contribution in [2.45, 2.75) is 6.42 Å². The molecule has 0 aliphatic carbocycles. The van der Waals surface area contributed by atoms with Gasteiger partial charge >= 0.3 is 0 Å². The Hall–Kier alpha value is -1.81. The van der Waals surface area contributed by atoms with Crippen LogP contribution in [0.4, 0.5) is 0 Å². The molecular formula is C14H18N2O2. The third-order valence-corrected chi connectivity index (χ3v) is 3.07. The molecule has 96 valence electrons. The number of likely N-dealkylation sites (N-methyl/N-ethyl adjacent to an activating group) is 1. The van der Waals surface area contributed by atoms with Gasteiger partial charge in [0.2, 0.25) is 5.91 Å². The smallest absolute Gasteiger partial charge is 0.226 e. The van der Waals surface area contributed by atoms with Gasteiger partial charge in [0.1, 0.15) is 0 Å². The second kappa shape index (κ2) is 5.69. The molecule has 0 saturated heterocycles. The number of fused-ring (bicyclic) bond motifs is 1. The number of carbonyl (C=O) groups excluding carboxylic acids is 1. The van der Waals surface area contributed by atoms with Crippen LogP contribution in [0.2, 0.25) is 0 Å². The number of H-pyrrole nitrogens is 1. The van der Waals surface area contributed by atoms with Crippen molar-refractivity contribution in [3.63, 3.8) is 0 Å². The number of benzene rings is 1. The Morgan fingerprint density at radius 3 is 2.94 bits per heavy atom. The van der Waals surface area contributed by atoms with Crippen LogP contribution in [0.5, 0.6) is 0 Å². The molecule has 1 N–H and O–H groups in total. The predicted octanol–water partition coefficient (Wildman–Crippen LogP) is 1.82. The number of para-hydroxylation sites is 1. The topological polar surface area (TPSA) is 45.3 Å². The molecule has 0 radical (unpaired) electrons. The van der Waals surface area contributed by atoms with Gasteiger partial charge < -0.3 is 14.6 Å². The average molecular weight is 246 g/mol. The maximum absolute atomic E-state index is 12.0. The summed E-state index contributed by atoms with van der Waals surface area (Å²) in [4.78, 5) is 16.9. The molecule has 2 aromatic rings. The van der Waals surface area contributed by atoms with Crippen molar-refractivity contribution in [2.75, 3.05) is 27.3 Å². The van der Waals surface area contributed by atoms with Crippen molar-refractivity contribution in [3.05, 3.63) is 36.0 Å². The fourth-order valence-electron chi connectivity index (χ4n) is 1.93. The third-order valence-electron chi connectivity index (χ3n) is 3.07. The van der Waals surface area contributed by atoms with E-state index >= 15 is 0 Å². The van der Waals surface area contributed by atoms with Gasteiger partial charge in [0.25, 0.3) is 0 Å². The molecule has 4 nitrogen and oxygen atoms in total. The molecule has 1 amide bonds. The number of aromatic nitrogens is 1. The highest BCUT2D eigenvalue weighted by Gasteiger charge is 2.12. The van der Waals surface area contributed by atoms with Gasteiger partial charge in [-0.2, -0.15) is 0 Å². The van der Waals surface area contributed by atoms with Crippen molar-refractivity contribution in [3.8, 4) is 0 Å². The molecule has 0 fully saturated rings. The zero-order valence-corrected chi connectivity index (χ0v) is 10.8. The Labute approximate surface area is 107 Å². The SMILES string of the molecule is COCCN(C)C(=O)Cc1c[nH]c2ccccc12. The standard InChI is InChI=1S/C14H18N2O2/c1-16(7-8-18-2)14(17)9-11-10-15-13-6-4-3-5-12(11)13/h3-6,10,15H,7-9H2,1-2H3. The number of rotatable bonds is 5. The normalized spacial score (nSPS) is 10.8. The van der Waals surface area contributed by atoms with E-state index in [4.69, 9.17) is 4.74 Å². The van der Waals surface area contributed by atoms with E-state index in [9.17, 15) is 4.79 Å². The molecule has 4 heteroatoms. The van der Waals surface area contributed by atoms with Crippen LogP contribution in [0.3, 0.4) is 0 Å². The van der Waals surface area contributed by atoms with E-state index in [0.29, 0.717) is 19.6 Å². The molecule has 0 unspecified atom stereocenters. The summed E-state index contributed by atoms with van der Waals surface area (Å²) in [7, 11) is 3.44. The van der Waals surface area contributed by atoms with Crippen molar-refractivity contribution in [1.29, 1.82) is 0 Å². The van der Waals surface area contributed by atoms with Crippen LogP contribution in [-0.4, -0.2) is 43.1 Å². The van der Waals surface area contributed by atoms with Crippen LogP contribution in [0.15, 0.2) is 30.5 Å². The highest BCUT2D eigenvalue weighted by atomic mass is 16.5. The summed E-state index contributed by atoms with van der Waals surface area (Å²) < 4.78 is 4.97. The molecule has 0 saturated carbocycles. The molecule has 1 aromatic heterocycles. The number of nitrogens with one attached hydrogen (secondary N) is 1. The van der Waals surface area contributed by atoms with Crippen molar-refractivity contribution < 1.29 is 9.53 Å². The van der Waals surface area contributed by atoms with Crippen molar-refractivity contribution >= 4 is 16.8 Å². The monoisotopic (exact) mass is 246 g/mol. The molecule has 0 bridgehead atoms. The maximum atomic E-state index is 12.0. The molecule has 18 heavy (non-hydrogen) atoms. The lowest BCUT2D eigenvalue weighted by molar-refractivity contribution is -0.129. The summed E-state index contributed by atoms with van der Waals surface area (Å²) in [5.74, 6) is 0.108. The van der Waals surface area contributed by atoms with Crippen LogP contribution in [0.1, 0.15) is 5.56 Å². The first-order valence-corrected chi connectivity index (χ1v) is 6.00. The van der Waals surface area contributed by atoms with E-state index in [1.54, 1.807) is 19.1 Å². The molecule has 0 aliphatic heterocycles. The van der Waals surface area contributed by atoms with E-state index in [-0.39, 0.29) is 5.91 Å². The summed E-state index contributed by atoms with van der Waals surface area (Å²) in [5, 5.41) is 1.12. The summed E-state index contributed by atoms with van der Waals surface area (Å²) in [6.07, 6.45) is 2.33. The second-order valence-corrected chi connectivity index (χ2v) is 4.34. The lowest BCUT2D eigenvalue weighted by Gasteiger charge is -2.16. The van der Waals surface area contributed by atoms with E-state index in [1.165, 1.54) is 0 Å². The van der Waals surface area contributed by atoms with Crippen LogP contribution in [0.25, 0.3) is 10.9 Å². The minimum Gasteiger partial charge on any atom is -0.383 e. The van der Waals surface area contributed by atoms with Gasteiger partial charge in [0.15, 0.2) is 0 Å². The van der Waals surface area contributed by atoms with Gasteiger partial charge in [0.05, 0.1) is 13.0 Å². The number of amides is 1. The first-order valence-electron chi connectivity index (χ1n) is 6.00. The highest BCUT2D eigenvalue weighted by Crippen LogP contribution is 2.18.